The van der Waals surface area contributed by atoms with Gasteiger partial charge in [-0.05, 0) is 40.2 Å². The maximum atomic E-state index is 9.30. The number of thiazole rings is 1. The Morgan fingerprint density at radius 1 is 1.44 bits per heavy atom. The lowest BCUT2D eigenvalue weighted by Gasteiger charge is -2.33. The van der Waals surface area contributed by atoms with Crippen molar-refractivity contribution in [3.8, 4) is 0 Å². The lowest BCUT2D eigenvalue weighted by molar-refractivity contribution is 0.0733. The fraction of sp³-hybridized carbons (Fsp3) is 0.750. The summed E-state index contributed by atoms with van der Waals surface area (Å²) in [5.74, 6) is 0. The van der Waals surface area contributed by atoms with Crippen molar-refractivity contribution in [3.63, 3.8) is 0 Å². The molecule has 1 aromatic heterocycles. The van der Waals surface area contributed by atoms with Crippen molar-refractivity contribution >= 4 is 11.3 Å². The topological polar surface area (TPSA) is 36.4 Å². The van der Waals surface area contributed by atoms with E-state index < -0.39 is 0 Å². The number of aliphatic hydroxyl groups excluding tert-OH is 1. The molecule has 3 nitrogen and oxygen atoms in total. The molecule has 4 heteroatoms. The Morgan fingerprint density at radius 3 is 2.81 bits per heavy atom. The fourth-order valence-electron chi connectivity index (χ4n) is 1.85. The zero-order chi connectivity index (χ0) is 11.8. The molecular weight excluding hydrogens is 220 g/mol. The quantitative estimate of drug-likeness (QED) is 0.872. The molecule has 0 amide bonds. The summed E-state index contributed by atoms with van der Waals surface area (Å²) < 4.78 is 0. The molecule has 0 spiro atoms. The first-order chi connectivity index (χ1) is 7.53. The summed E-state index contributed by atoms with van der Waals surface area (Å²) >= 11 is 1.84. The van der Waals surface area contributed by atoms with Crippen LogP contribution >= 0.6 is 11.3 Å². The van der Waals surface area contributed by atoms with Crippen molar-refractivity contribution < 1.29 is 5.11 Å². The predicted octanol–water partition coefficient (Wildman–Crippen LogP) is 1.83. The summed E-state index contributed by atoms with van der Waals surface area (Å²) in [6.07, 6.45) is 3.63. The van der Waals surface area contributed by atoms with Gasteiger partial charge >= 0.3 is 0 Å². The van der Waals surface area contributed by atoms with E-state index in [4.69, 9.17) is 0 Å². The van der Waals surface area contributed by atoms with Crippen LogP contribution in [-0.4, -0.2) is 34.2 Å². The first-order valence-corrected chi connectivity index (χ1v) is 6.64. The van der Waals surface area contributed by atoms with Gasteiger partial charge in [-0.1, -0.05) is 0 Å². The summed E-state index contributed by atoms with van der Waals surface area (Å²) in [4.78, 5) is 8.32. The van der Waals surface area contributed by atoms with E-state index in [9.17, 15) is 5.11 Å². The van der Waals surface area contributed by atoms with Crippen molar-refractivity contribution in [2.24, 2.45) is 0 Å². The molecule has 0 radical (unpaired) electrons. The second-order valence-corrected chi connectivity index (χ2v) is 6.33. The van der Waals surface area contributed by atoms with E-state index >= 15 is 0 Å². The number of nitrogens with zero attached hydrogens (tertiary/aromatic N) is 2. The second-order valence-electron chi connectivity index (χ2n) is 5.16. The number of likely N-dealkylation sites (N-methyl/N-ethyl adjacent to an activating group) is 1. The van der Waals surface area contributed by atoms with Gasteiger partial charge in [-0.15, -0.1) is 11.3 Å². The van der Waals surface area contributed by atoms with E-state index in [-0.39, 0.29) is 12.1 Å². The predicted molar refractivity (Wildman–Crippen MR) is 66.8 cm³/mol. The Balaban J connectivity index is 2.04. The molecule has 1 N–H and O–H groups in total. The number of hydrogen-bond acceptors (Lipinski definition) is 4. The third-order valence-corrected chi connectivity index (χ3v) is 4.57. The summed E-state index contributed by atoms with van der Waals surface area (Å²) in [5.41, 5.74) is 1.14. The molecule has 1 heterocycles. The maximum absolute atomic E-state index is 9.30. The summed E-state index contributed by atoms with van der Waals surface area (Å²) in [6, 6.07) is 0. The second kappa shape index (κ2) is 4.43. The van der Waals surface area contributed by atoms with E-state index in [0.717, 1.165) is 13.0 Å². The first kappa shape index (κ1) is 12.0. The minimum atomic E-state index is -0.171. The molecule has 0 atom stereocenters. The smallest absolute Gasteiger partial charge is 0.107 e. The average molecular weight is 240 g/mol. The van der Waals surface area contributed by atoms with Gasteiger partial charge in [-0.3, -0.25) is 4.90 Å². The minimum Gasteiger partial charge on any atom is -0.394 e. The molecule has 0 saturated heterocycles. The van der Waals surface area contributed by atoms with Gasteiger partial charge in [0.2, 0.25) is 0 Å². The van der Waals surface area contributed by atoms with Crippen LogP contribution in [0.5, 0.6) is 0 Å². The number of aromatic nitrogens is 1. The van der Waals surface area contributed by atoms with Gasteiger partial charge in [0, 0.05) is 10.4 Å². The molecule has 0 unspecified atom stereocenters. The standard InChI is InChI=1S/C12H20N2OS/c1-12(2,8-15)14(3)7-11-13-9-5-4-6-10(9)16-11/h15H,4-8H2,1-3H3. The Morgan fingerprint density at radius 2 is 2.19 bits per heavy atom. The number of hydrogen-bond donors (Lipinski definition) is 1. The zero-order valence-corrected chi connectivity index (χ0v) is 11.1. The third kappa shape index (κ3) is 2.29. The highest BCUT2D eigenvalue weighted by atomic mass is 32.1. The highest BCUT2D eigenvalue weighted by Crippen LogP contribution is 2.28. The fourth-order valence-corrected chi connectivity index (χ4v) is 3.06. The van der Waals surface area contributed by atoms with E-state index in [1.54, 1.807) is 0 Å². The number of fused-ring (bicyclic) bond motifs is 1. The van der Waals surface area contributed by atoms with E-state index in [2.05, 4.69) is 9.88 Å². The highest BCUT2D eigenvalue weighted by molar-refractivity contribution is 7.11. The highest BCUT2D eigenvalue weighted by Gasteiger charge is 2.24. The third-order valence-electron chi connectivity index (χ3n) is 3.43. The molecule has 16 heavy (non-hydrogen) atoms. The lowest BCUT2D eigenvalue weighted by atomic mass is 10.1. The van der Waals surface area contributed by atoms with Crippen molar-refractivity contribution in [3.05, 3.63) is 15.6 Å². The molecule has 1 aromatic rings. The van der Waals surface area contributed by atoms with Gasteiger partial charge in [-0.25, -0.2) is 4.98 Å². The Kier molecular flexibility index (Phi) is 3.33. The molecule has 0 aliphatic heterocycles. The summed E-state index contributed by atoms with van der Waals surface area (Å²) in [6.45, 7) is 5.11. The monoisotopic (exact) mass is 240 g/mol. The lowest BCUT2D eigenvalue weighted by Crippen LogP contribution is -2.43. The molecular formula is C12H20N2OS. The summed E-state index contributed by atoms with van der Waals surface area (Å²) in [7, 11) is 2.04. The van der Waals surface area contributed by atoms with Crippen LogP contribution < -0.4 is 0 Å². The van der Waals surface area contributed by atoms with Crippen LogP contribution in [0.2, 0.25) is 0 Å². The molecule has 0 fully saturated rings. The van der Waals surface area contributed by atoms with E-state index in [1.807, 2.05) is 32.2 Å². The van der Waals surface area contributed by atoms with E-state index in [0.29, 0.717) is 0 Å². The Labute approximate surface area is 101 Å². The van der Waals surface area contributed by atoms with Crippen molar-refractivity contribution in [2.45, 2.75) is 45.2 Å². The molecule has 2 rings (SSSR count). The number of rotatable bonds is 4. The van der Waals surface area contributed by atoms with Gasteiger partial charge in [-0.2, -0.15) is 0 Å². The van der Waals surface area contributed by atoms with Crippen LogP contribution in [0.3, 0.4) is 0 Å². The van der Waals surface area contributed by atoms with Gasteiger partial charge in [0.25, 0.3) is 0 Å². The molecule has 1 aliphatic carbocycles. The number of aryl methyl sites for hydroxylation is 2. The molecule has 90 valence electrons. The van der Waals surface area contributed by atoms with Crippen molar-refractivity contribution in [1.82, 2.24) is 9.88 Å². The Hall–Kier alpha value is -0.450. The number of aliphatic hydroxyl groups is 1. The van der Waals surface area contributed by atoms with Crippen LogP contribution in [0.25, 0.3) is 0 Å². The first-order valence-electron chi connectivity index (χ1n) is 5.82. The average Bonchev–Trinajstić information content (AvgIpc) is 2.77. The van der Waals surface area contributed by atoms with Gasteiger partial charge < -0.3 is 5.11 Å². The van der Waals surface area contributed by atoms with Crippen LogP contribution in [0.4, 0.5) is 0 Å². The molecule has 0 aromatic carbocycles. The molecule has 0 bridgehead atoms. The SMILES string of the molecule is CN(Cc1nc2c(s1)CCC2)C(C)(C)CO. The summed E-state index contributed by atoms with van der Waals surface area (Å²) in [5, 5.41) is 10.5. The molecule has 1 aliphatic rings. The van der Waals surface area contributed by atoms with Gasteiger partial charge in [0.15, 0.2) is 0 Å². The van der Waals surface area contributed by atoms with Crippen molar-refractivity contribution in [2.75, 3.05) is 13.7 Å². The van der Waals surface area contributed by atoms with Gasteiger partial charge in [0.05, 0.1) is 18.8 Å². The largest absolute Gasteiger partial charge is 0.394 e. The van der Waals surface area contributed by atoms with Crippen LogP contribution in [-0.2, 0) is 19.4 Å². The Bertz CT molecular complexity index is 352. The van der Waals surface area contributed by atoms with Crippen molar-refractivity contribution in [1.29, 1.82) is 0 Å². The van der Waals surface area contributed by atoms with Crippen LogP contribution in [0.1, 0.15) is 35.8 Å². The normalized spacial score (nSPS) is 15.8. The zero-order valence-electron chi connectivity index (χ0n) is 10.3. The van der Waals surface area contributed by atoms with Crippen LogP contribution in [0.15, 0.2) is 0 Å². The molecule has 0 saturated carbocycles. The minimum absolute atomic E-state index is 0.171. The maximum Gasteiger partial charge on any atom is 0.107 e. The van der Waals surface area contributed by atoms with Gasteiger partial charge in [0.1, 0.15) is 5.01 Å². The van der Waals surface area contributed by atoms with E-state index in [1.165, 1.54) is 28.4 Å². The van der Waals surface area contributed by atoms with Crippen LogP contribution in [0, 0.1) is 0 Å².